The first-order chi connectivity index (χ1) is 9.08. The molecule has 0 bridgehead atoms. The normalized spacial score (nSPS) is 14.2. The molecule has 2 N–H and O–H groups in total. The van der Waals surface area contributed by atoms with Crippen molar-refractivity contribution in [3.63, 3.8) is 0 Å². The van der Waals surface area contributed by atoms with Gasteiger partial charge in [-0.1, -0.05) is 13.0 Å². The first-order valence-corrected chi connectivity index (χ1v) is 7.04. The fraction of sp³-hybridized carbons (Fsp3) is 0.667. The first kappa shape index (κ1) is 15.9. The second kappa shape index (κ2) is 8.12. The highest BCUT2D eigenvalue weighted by atomic mass is 16.5. The molecule has 0 radical (unpaired) electrons. The predicted molar refractivity (Wildman–Crippen MR) is 80.6 cm³/mol. The first-order valence-electron chi connectivity index (χ1n) is 7.04. The average Bonchev–Trinajstić information content (AvgIpc) is 2.40. The van der Waals surface area contributed by atoms with E-state index in [1.165, 1.54) is 5.56 Å². The Balaban J connectivity index is 2.78. The third-order valence-corrected chi connectivity index (χ3v) is 3.32. The summed E-state index contributed by atoms with van der Waals surface area (Å²) in [5, 5.41) is 0. The van der Waals surface area contributed by atoms with Crippen molar-refractivity contribution in [2.75, 3.05) is 25.2 Å². The maximum Gasteiger partial charge on any atom is 0.128 e. The second-order valence-electron chi connectivity index (χ2n) is 5.15. The van der Waals surface area contributed by atoms with Crippen molar-refractivity contribution in [1.29, 1.82) is 0 Å². The topological polar surface area (TPSA) is 51.4 Å². The molecule has 0 aromatic carbocycles. The molecule has 2 atom stereocenters. The summed E-state index contributed by atoms with van der Waals surface area (Å²) in [7, 11) is 1.73. The Hall–Kier alpha value is -1.13. The lowest BCUT2D eigenvalue weighted by atomic mass is 10.1. The van der Waals surface area contributed by atoms with Crippen LogP contribution in [0.4, 0.5) is 5.82 Å². The molecular formula is C15H27N3O. The Labute approximate surface area is 117 Å². The fourth-order valence-corrected chi connectivity index (χ4v) is 2.05. The highest BCUT2D eigenvalue weighted by Gasteiger charge is 2.13. The van der Waals surface area contributed by atoms with Gasteiger partial charge in [0.2, 0.25) is 0 Å². The van der Waals surface area contributed by atoms with E-state index in [2.05, 4.69) is 35.9 Å². The fourth-order valence-electron chi connectivity index (χ4n) is 2.05. The average molecular weight is 265 g/mol. The number of nitrogens with two attached hydrogens (primary N) is 1. The van der Waals surface area contributed by atoms with Crippen LogP contribution in [0, 0.1) is 0 Å². The summed E-state index contributed by atoms with van der Waals surface area (Å²) in [4.78, 5) is 6.86. The van der Waals surface area contributed by atoms with Gasteiger partial charge in [-0.2, -0.15) is 0 Å². The monoisotopic (exact) mass is 265 g/mol. The second-order valence-corrected chi connectivity index (χ2v) is 5.15. The standard InChI is InChI=1S/C15H27N3O/c1-5-13(3)18(8-9-19-4)15-7-6-14(11-17-15)10-12(2)16/h6-7,11-13H,5,8-10,16H2,1-4H3. The molecule has 1 heterocycles. The van der Waals surface area contributed by atoms with Crippen LogP contribution in [-0.4, -0.2) is 37.3 Å². The molecule has 0 saturated carbocycles. The largest absolute Gasteiger partial charge is 0.383 e. The summed E-state index contributed by atoms with van der Waals surface area (Å²) in [5.74, 6) is 1.01. The molecule has 0 spiro atoms. The van der Waals surface area contributed by atoms with Crippen LogP contribution in [0.5, 0.6) is 0 Å². The van der Waals surface area contributed by atoms with Gasteiger partial charge in [-0.3, -0.25) is 0 Å². The van der Waals surface area contributed by atoms with Gasteiger partial charge in [0.05, 0.1) is 6.61 Å². The SMILES string of the molecule is CCC(C)N(CCOC)c1ccc(CC(C)N)cn1. The van der Waals surface area contributed by atoms with Crippen LogP contribution in [0.2, 0.25) is 0 Å². The minimum Gasteiger partial charge on any atom is -0.383 e. The van der Waals surface area contributed by atoms with E-state index in [0.29, 0.717) is 12.6 Å². The van der Waals surface area contributed by atoms with Gasteiger partial charge in [0.15, 0.2) is 0 Å². The van der Waals surface area contributed by atoms with Gasteiger partial charge in [0.1, 0.15) is 5.82 Å². The molecule has 1 aromatic rings. The zero-order valence-electron chi connectivity index (χ0n) is 12.6. The lowest BCUT2D eigenvalue weighted by molar-refractivity contribution is 0.203. The number of anilines is 1. The van der Waals surface area contributed by atoms with Crippen LogP contribution in [0.3, 0.4) is 0 Å². The molecule has 0 aliphatic carbocycles. The number of hydrogen-bond acceptors (Lipinski definition) is 4. The molecule has 108 valence electrons. The molecule has 0 saturated heterocycles. The van der Waals surface area contributed by atoms with Gasteiger partial charge < -0.3 is 15.4 Å². The van der Waals surface area contributed by atoms with E-state index in [-0.39, 0.29) is 6.04 Å². The number of rotatable bonds is 8. The van der Waals surface area contributed by atoms with Gasteiger partial charge in [0.25, 0.3) is 0 Å². The summed E-state index contributed by atoms with van der Waals surface area (Å²) >= 11 is 0. The number of nitrogens with zero attached hydrogens (tertiary/aromatic N) is 2. The van der Waals surface area contributed by atoms with E-state index in [4.69, 9.17) is 10.5 Å². The maximum atomic E-state index is 5.80. The molecule has 0 aliphatic rings. The summed E-state index contributed by atoms with van der Waals surface area (Å²) in [5.41, 5.74) is 6.99. The highest BCUT2D eigenvalue weighted by Crippen LogP contribution is 2.16. The van der Waals surface area contributed by atoms with Crippen LogP contribution in [0.15, 0.2) is 18.3 Å². The number of hydrogen-bond donors (Lipinski definition) is 1. The molecule has 4 nitrogen and oxygen atoms in total. The quantitative estimate of drug-likeness (QED) is 0.783. The van der Waals surface area contributed by atoms with E-state index in [1.807, 2.05) is 13.1 Å². The number of aromatic nitrogens is 1. The maximum absolute atomic E-state index is 5.80. The van der Waals surface area contributed by atoms with Crippen LogP contribution in [0.25, 0.3) is 0 Å². The van der Waals surface area contributed by atoms with Crippen LogP contribution >= 0.6 is 0 Å². The molecule has 0 fully saturated rings. The van der Waals surface area contributed by atoms with Crippen molar-refractivity contribution < 1.29 is 4.74 Å². The van der Waals surface area contributed by atoms with Crippen molar-refractivity contribution in [1.82, 2.24) is 4.98 Å². The van der Waals surface area contributed by atoms with Crippen molar-refractivity contribution >= 4 is 5.82 Å². The minimum absolute atomic E-state index is 0.173. The predicted octanol–water partition coefficient (Wildman–Crippen LogP) is 2.22. The smallest absolute Gasteiger partial charge is 0.128 e. The summed E-state index contributed by atoms with van der Waals surface area (Å²) in [6.07, 6.45) is 3.89. The van der Waals surface area contributed by atoms with Crippen LogP contribution in [0.1, 0.15) is 32.8 Å². The number of ether oxygens (including phenoxy) is 1. The molecule has 0 aliphatic heterocycles. The van der Waals surface area contributed by atoms with Crippen molar-refractivity contribution in [2.45, 2.75) is 45.7 Å². The van der Waals surface area contributed by atoms with Gasteiger partial charge in [-0.05, 0) is 38.3 Å². The van der Waals surface area contributed by atoms with E-state index < -0.39 is 0 Å². The molecule has 1 rings (SSSR count). The molecule has 2 unspecified atom stereocenters. The van der Waals surface area contributed by atoms with Crippen molar-refractivity contribution in [3.05, 3.63) is 23.9 Å². The summed E-state index contributed by atoms with van der Waals surface area (Å²) in [6.45, 7) is 8.00. The van der Waals surface area contributed by atoms with Gasteiger partial charge in [0, 0.05) is 31.9 Å². The lowest BCUT2D eigenvalue weighted by Crippen LogP contribution is -2.36. The lowest BCUT2D eigenvalue weighted by Gasteiger charge is -2.29. The van der Waals surface area contributed by atoms with Gasteiger partial charge in [-0.15, -0.1) is 0 Å². The Morgan fingerprint density at radius 1 is 1.37 bits per heavy atom. The number of pyridine rings is 1. The summed E-state index contributed by atoms with van der Waals surface area (Å²) < 4.78 is 5.18. The van der Waals surface area contributed by atoms with E-state index in [0.717, 1.165) is 25.2 Å². The Morgan fingerprint density at radius 3 is 2.58 bits per heavy atom. The molecule has 1 aromatic heterocycles. The van der Waals surface area contributed by atoms with Crippen LogP contribution < -0.4 is 10.6 Å². The van der Waals surface area contributed by atoms with E-state index >= 15 is 0 Å². The molecule has 4 heteroatoms. The van der Waals surface area contributed by atoms with Gasteiger partial charge in [-0.25, -0.2) is 4.98 Å². The molecule has 19 heavy (non-hydrogen) atoms. The molecular weight excluding hydrogens is 238 g/mol. The highest BCUT2D eigenvalue weighted by molar-refractivity contribution is 5.40. The van der Waals surface area contributed by atoms with Crippen molar-refractivity contribution in [3.8, 4) is 0 Å². The summed E-state index contributed by atoms with van der Waals surface area (Å²) in [6, 6.07) is 4.83. The Bertz CT molecular complexity index is 351. The van der Waals surface area contributed by atoms with E-state index in [1.54, 1.807) is 7.11 Å². The van der Waals surface area contributed by atoms with E-state index in [9.17, 15) is 0 Å². The van der Waals surface area contributed by atoms with Crippen LogP contribution in [-0.2, 0) is 11.2 Å². The zero-order chi connectivity index (χ0) is 14.3. The van der Waals surface area contributed by atoms with Crippen molar-refractivity contribution in [2.24, 2.45) is 5.73 Å². The third-order valence-electron chi connectivity index (χ3n) is 3.32. The zero-order valence-corrected chi connectivity index (χ0v) is 12.6. The minimum atomic E-state index is 0.173. The molecule has 0 amide bonds. The Kier molecular flexibility index (Phi) is 6.81. The number of methoxy groups -OCH3 is 1. The third kappa shape index (κ3) is 5.17. The van der Waals surface area contributed by atoms with Gasteiger partial charge >= 0.3 is 0 Å². The Morgan fingerprint density at radius 2 is 2.11 bits per heavy atom.